The quantitative estimate of drug-likeness (QED) is 0.771. The lowest BCUT2D eigenvalue weighted by atomic mass is 10.1. The van der Waals surface area contributed by atoms with Gasteiger partial charge in [-0.3, -0.25) is 9.08 Å². The lowest BCUT2D eigenvalue weighted by molar-refractivity contribution is 0.0937. The molecule has 19 heavy (non-hydrogen) atoms. The molecule has 1 aromatic carbocycles. The first-order valence-electron chi connectivity index (χ1n) is 6.16. The van der Waals surface area contributed by atoms with E-state index in [0.29, 0.717) is 19.5 Å². The van der Waals surface area contributed by atoms with Crippen molar-refractivity contribution in [3.63, 3.8) is 0 Å². The first-order chi connectivity index (χ1) is 8.86. The van der Waals surface area contributed by atoms with Crippen LogP contribution in [0.4, 0.5) is 4.39 Å². The average Bonchev–Trinajstić information content (AvgIpc) is 2.70. The molecular weight excluding hydrogens is 269 g/mol. The second-order valence-corrected chi connectivity index (χ2v) is 6.71. The van der Waals surface area contributed by atoms with Crippen molar-refractivity contribution in [2.45, 2.75) is 18.6 Å². The fraction of sp³-hybridized carbons (Fsp3) is 0.538. The first kappa shape index (κ1) is 14.4. The van der Waals surface area contributed by atoms with Gasteiger partial charge in [0.25, 0.3) is 10.1 Å². The number of hydrogen-bond donors (Lipinski definition) is 0. The molecule has 106 valence electrons. The summed E-state index contributed by atoms with van der Waals surface area (Å²) >= 11 is 0. The van der Waals surface area contributed by atoms with Crippen molar-refractivity contribution in [1.29, 1.82) is 0 Å². The maximum Gasteiger partial charge on any atom is 0.264 e. The van der Waals surface area contributed by atoms with E-state index in [1.165, 1.54) is 0 Å². The van der Waals surface area contributed by atoms with Gasteiger partial charge in [-0.05, 0) is 12.0 Å². The summed E-state index contributed by atoms with van der Waals surface area (Å²) in [6.07, 6.45) is 1.24. The fourth-order valence-electron chi connectivity index (χ4n) is 2.22. The SMILES string of the molecule is CS(=O)(=O)OCC1(F)CCN(Cc2ccccc2)C1. The number of hydrogen-bond acceptors (Lipinski definition) is 4. The largest absolute Gasteiger partial charge is 0.296 e. The minimum Gasteiger partial charge on any atom is -0.296 e. The Morgan fingerprint density at radius 3 is 2.68 bits per heavy atom. The summed E-state index contributed by atoms with van der Waals surface area (Å²) < 4.78 is 40.8. The highest BCUT2D eigenvalue weighted by molar-refractivity contribution is 7.85. The zero-order valence-electron chi connectivity index (χ0n) is 10.9. The summed E-state index contributed by atoms with van der Waals surface area (Å²) in [6, 6.07) is 9.81. The zero-order chi connectivity index (χ0) is 13.9. The van der Waals surface area contributed by atoms with Crippen molar-refractivity contribution in [2.75, 3.05) is 26.0 Å². The van der Waals surface area contributed by atoms with E-state index < -0.39 is 22.4 Å². The Morgan fingerprint density at radius 1 is 1.37 bits per heavy atom. The van der Waals surface area contributed by atoms with Gasteiger partial charge >= 0.3 is 0 Å². The van der Waals surface area contributed by atoms with E-state index in [2.05, 4.69) is 4.18 Å². The van der Waals surface area contributed by atoms with Gasteiger partial charge in [0.05, 0.1) is 6.26 Å². The molecule has 1 unspecified atom stereocenters. The van der Waals surface area contributed by atoms with Crippen LogP contribution in [0.15, 0.2) is 30.3 Å². The van der Waals surface area contributed by atoms with Crippen LogP contribution in [-0.2, 0) is 20.8 Å². The number of alkyl halides is 1. The highest BCUT2D eigenvalue weighted by Gasteiger charge is 2.39. The van der Waals surface area contributed by atoms with E-state index in [1.807, 2.05) is 35.2 Å². The zero-order valence-corrected chi connectivity index (χ0v) is 11.7. The maximum absolute atomic E-state index is 14.4. The van der Waals surface area contributed by atoms with E-state index in [4.69, 9.17) is 0 Å². The summed E-state index contributed by atoms with van der Waals surface area (Å²) in [5.41, 5.74) is -0.450. The molecule has 1 aliphatic rings. The Bertz CT molecular complexity index is 520. The first-order valence-corrected chi connectivity index (χ1v) is 7.98. The number of benzene rings is 1. The van der Waals surface area contributed by atoms with E-state index in [9.17, 15) is 12.8 Å². The summed E-state index contributed by atoms with van der Waals surface area (Å²) in [4.78, 5) is 1.97. The molecule has 0 spiro atoms. The van der Waals surface area contributed by atoms with E-state index in [1.54, 1.807) is 0 Å². The Hall–Kier alpha value is -0.980. The van der Waals surface area contributed by atoms with Gasteiger partial charge in [-0.15, -0.1) is 0 Å². The Balaban J connectivity index is 1.88. The number of nitrogens with zero attached hydrogens (tertiary/aromatic N) is 1. The Kier molecular flexibility index (Phi) is 4.23. The van der Waals surface area contributed by atoms with Gasteiger partial charge in [-0.2, -0.15) is 8.42 Å². The predicted octanol–water partition coefficient (Wildman–Crippen LogP) is 1.58. The molecule has 1 heterocycles. The van der Waals surface area contributed by atoms with Crippen molar-refractivity contribution in [1.82, 2.24) is 4.90 Å². The van der Waals surface area contributed by atoms with Crippen LogP contribution in [0.3, 0.4) is 0 Å². The third-order valence-corrected chi connectivity index (χ3v) is 3.71. The number of rotatable bonds is 5. The van der Waals surface area contributed by atoms with Crippen molar-refractivity contribution in [3.05, 3.63) is 35.9 Å². The molecule has 1 atom stereocenters. The van der Waals surface area contributed by atoms with Crippen LogP contribution in [0.1, 0.15) is 12.0 Å². The van der Waals surface area contributed by atoms with Crippen molar-refractivity contribution in [3.8, 4) is 0 Å². The lowest BCUT2D eigenvalue weighted by Gasteiger charge is -2.20. The molecule has 0 radical (unpaired) electrons. The van der Waals surface area contributed by atoms with Gasteiger partial charge in [0.2, 0.25) is 0 Å². The predicted molar refractivity (Wildman–Crippen MR) is 71.0 cm³/mol. The third kappa shape index (κ3) is 4.56. The molecule has 0 aromatic heterocycles. The minimum atomic E-state index is -3.58. The summed E-state index contributed by atoms with van der Waals surface area (Å²) in [7, 11) is -3.58. The molecule has 0 aliphatic carbocycles. The van der Waals surface area contributed by atoms with E-state index in [0.717, 1.165) is 11.8 Å². The Morgan fingerprint density at radius 2 is 2.05 bits per heavy atom. The van der Waals surface area contributed by atoms with Crippen LogP contribution >= 0.6 is 0 Å². The van der Waals surface area contributed by atoms with Crippen LogP contribution < -0.4 is 0 Å². The second-order valence-electron chi connectivity index (χ2n) is 5.06. The standard InChI is InChI=1S/C13H18FNO3S/c1-19(16,17)18-11-13(14)7-8-15(10-13)9-12-5-3-2-4-6-12/h2-6H,7-11H2,1H3. The van der Waals surface area contributed by atoms with Crippen LogP contribution in [-0.4, -0.2) is 44.9 Å². The fourth-order valence-corrected chi connectivity index (χ4v) is 2.65. The van der Waals surface area contributed by atoms with E-state index in [-0.39, 0.29) is 6.54 Å². The molecule has 1 fully saturated rings. The van der Waals surface area contributed by atoms with Gasteiger partial charge in [-0.25, -0.2) is 4.39 Å². The lowest BCUT2D eigenvalue weighted by Crippen LogP contribution is -2.34. The second kappa shape index (κ2) is 5.56. The molecule has 1 saturated heterocycles. The van der Waals surface area contributed by atoms with Gasteiger partial charge in [0.15, 0.2) is 0 Å². The average molecular weight is 287 g/mol. The molecular formula is C13H18FNO3S. The summed E-state index contributed by atoms with van der Waals surface area (Å²) in [6.45, 7) is 1.10. The number of halogens is 1. The molecule has 0 saturated carbocycles. The van der Waals surface area contributed by atoms with Crippen LogP contribution in [0.5, 0.6) is 0 Å². The molecule has 4 nitrogen and oxygen atoms in total. The normalized spacial score (nSPS) is 24.7. The minimum absolute atomic E-state index is 0.206. The summed E-state index contributed by atoms with van der Waals surface area (Å²) in [5, 5.41) is 0. The Labute approximate surface area is 113 Å². The van der Waals surface area contributed by atoms with Crippen LogP contribution in [0.2, 0.25) is 0 Å². The molecule has 1 aromatic rings. The van der Waals surface area contributed by atoms with Crippen molar-refractivity contribution >= 4 is 10.1 Å². The van der Waals surface area contributed by atoms with Gasteiger partial charge in [0.1, 0.15) is 12.3 Å². The highest BCUT2D eigenvalue weighted by atomic mass is 32.2. The topological polar surface area (TPSA) is 46.6 Å². The van der Waals surface area contributed by atoms with Crippen LogP contribution in [0, 0.1) is 0 Å². The highest BCUT2D eigenvalue weighted by Crippen LogP contribution is 2.27. The molecule has 1 aliphatic heterocycles. The third-order valence-electron chi connectivity index (χ3n) is 3.16. The molecule has 0 N–H and O–H groups in total. The van der Waals surface area contributed by atoms with Gasteiger partial charge in [0, 0.05) is 19.6 Å². The molecule has 0 bridgehead atoms. The molecule has 2 rings (SSSR count). The van der Waals surface area contributed by atoms with Crippen molar-refractivity contribution < 1.29 is 17.0 Å². The summed E-state index contributed by atoms with van der Waals surface area (Å²) in [5.74, 6) is 0. The van der Waals surface area contributed by atoms with Gasteiger partial charge in [-0.1, -0.05) is 30.3 Å². The maximum atomic E-state index is 14.4. The molecule has 6 heteroatoms. The van der Waals surface area contributed by atoms with Gasteiger partial charge < -0.3 is 0 Å². The van der Waals surface area contributed by atoms with Crippen LogP contribution in [0.25, 0.3) is 0 Å². The van der Waals surface area contributed by atoms with Crippen molar-refractivity contribution in [2.24, 2.45) is 0 Å². The number of likely N-dealkylation sites (tertiary alicyclic amines) is 1. The smallest absolute Gasteiger partial charge is 0.264 e. The molecule has 0 amide bonds. The van der Waals surface area contributed by atoms with E-state index >= 15 is 0 Å². The monoisotopic (exact) mass is 287 g/mol.